The number of benzene rings is 1. The van der Waals surface area contributed by atoms with Gasteiger partial charge in [-0.05, 0) is 30.3 Å². The minimum atomic E-state index is -1.03. The fourth-order valence-corrected chi connectivity index (χ4v) is 1.42. The second kappa shape index (κ2) is 4.69. The molecule has 1 heterocycles. The quantitative estimate of drug-likeness (QED) is 0.855. The summed E-state index contributed by atoms with van der Waals surface area (Å²) in [7, 11) is 0. The maximum absolute atomic E-state index is 12.6. The largest absolute Gasteiger partial charge is 0.478 e. The zero-order valence-corrected chi connectivity index (χ0v) is 8.81. The van der Waals surface area contributed by atoms with Crippen LogP contribution in [0.4, 0.5) is 10.1 Å². The monoisotopic (exact) mass is 235 g/mol. The van der Waals surface area contributed by atoms with Crippen LogP contribution < -0.4 is 5.32 Å². The van der Waals surface area contributed by atoms with Crippen LogP contribution in [-0.4, -0.2) is 11.1 Å². The van der Waals surface area contributed by atoms with Gasteiger partial charge in [0.05, 0.1) is 12.8 Å². The van der Waals surface area contributed by atoms with E-state index in [0.717, 1.165) is 0 Å². The van der Waals surface area contributed by atoms with Crippen molar-refractivity contribution in [2.24, 2.45) is 0 Å². The molecule has 0 aliphatic carbocycles. The van der Waals surface area contributed by atoms with Crippen molar-refractivity contribution >= 4 is 11.7 Å². The van der Waals surface area contributed by atoms with E-state index in [1.54, 1.807) is 12.1 Å². The van der Waals surface area contributed by atoms with Crippen LogP contribution in [0.25, 0.3) is 0 Å². The molecule has 0 aliphatic rings. The van der Waals surface area contributed by atoms with E-state index in [1.165, 1.54) is 24.5 Å². The van der Waals surface area contributed by atoms with Crippen molar-refractivity contribution in [1.29, 1.82) is 0 Å². The number of carboxylic acid groups (broad SMARTS) is 1. The van der Waals surface area contributed by atoms with Crippen molar-refractivity contribution in [1.82, 2.24) is 0 Å². The lowest BCUT2D eigenvalue weighted by Crippen LogP contribution is -2.04. The highest BCUT2D eigenvalue weighted by Gasteiger charge is 2.12. The third-order valence-corrected chi connectivity index (χ3v) is 2.27. The van der Waals surface area contributed by atoms with Crippen molar-refractivity contribution in [3.63, 3.8) is 0 Å². The van der Waals surface area contributed by atoms with Gasteiger partial charge in [-0.2, -0.15) is 0 Å². The Labute approximate surface area is 96.7 Å². The van der Waals surface area contributed by atoms with Gasteiger partial charge in [-0.3, -0.25) is 0 Å². The maximum Gasteiger partial charge on any atom is 0.339 e. The Kier molecular flexibility index (Phi) is 3.09. The average molecular weight is 235 g/mol. The molecule has 17 heavy (non-hydrogen) atoms. The molecular weight excluding hydrogens is 225 g/mol. The highest BCUT2D eigenvalue weighted by atomic mass is 19.1. The Hall–Kier alpha value is -2.30. The van der Waals surface area contributed by atoms with Gasteiger partial charge in [-0.15, -0.1) is 0 Å². The lowest BCUT2D eigenvalue weighted by atomic mass is 10.2. The van der Waals surface area contributed by atoms with Gasteiger partial charge < -0.3 is 14.8 Å². The molecule has 0 atom stereocenters. The molecule has 4 nitrogen and oxygen atoms in total. The molecule has 0 unspecified atom stereocenters. The fourth-order valence-electron chi connectivity index (χ4n) is 1.42. The van der Waals surface area contributed by atoms with E-state index in [9.17, 15) is 9.18 Å². The van der Waals surface area contributed by atoms with E-state index < -0.39 is 5.97 Å². The van der Waals surface area contributed by atoms with Crippen LogP contribution in [0, 0.1) is 5.82 Å². The van der Waals surface area contributed by atoms with Gasteiger partial charge >= 0.3 is 5.97 Å². The molecule has 0 bridgehead atoms. The van der Waals surface area contributed by atoms with Gasteiger partial charge in [0.25, 0.3) is 0 Å². The van der Waals surface area contributed by atoms with Crippen molar-refractivity contribution in [2.75, 3.05) is 5.32 Å². The first kappa shape index (κ1) is 11.2. The molecule has 88 valence electrons. The molecule has 0 radical (unpaired) electrons. The highest BCUT2D eigenvalue weighted by molar-refractivity contribution is 5.88. The van der Waals surface area contributed by atoms with Crippen molar-refractivity contribution in [3.05, 3.63) is 53.7 Å². The number of hydrogen-bond acceptors (Lipinski definition) is 3. The highest BCUT2D eigenvalue weighted by Crippen LogP contribution is 2.14. The van der Waals surface area contributed by atoms with Gasteiger partial charge in [0.1, 0.15) is 17.1 Å². The molecule has 2 aromatic rings. The first-order chi connectivity index (χ1) is 8.16. The average Bonchev–Trinajstić information content (AvgIpc) is 2.76. The summed E-state index contributed by atoms with van der Waals surface area (Å²) in [5.41, 5.74) is 0.818. The molecule has 1 aromatic carbocycles. The molecule has 2 rings (SSSR count). The molecule has 2 N–H and O–H groups in total. The second-order valence-electron chi connectivity index (χ2n) is 3.42. The van der Waals surface area contributed by atoms with E-state index in [-0.39, 0.29) is 17.9 Å². The maximum atomic E-state index is 12.6. The van der Waals surface area contributed by atoms with Crippen molar-refractivity contribution in [2.45, 2.75) is 6.54 Å². The smallest absolute Gasteiger partial charge is 0.339 e. The summed E-state index contributed by atoms with van der Waals surface area (Å²) < 4.78 is 17.7. The Morgan fingerprint density at radius 3 is 2.65 bits per heavy atom. The Morgan fingerprint density at radius 1 is 1.29 bits per heavy atom. The number of carboxylic acids is 1. The predicted octanol–water partition coefficient (Wildman–Crippen LogP) is 2.73. The molecule has 0 spiro atoms. The van der Waals surface area contributed by atoms with Gasteiger partial charge in [-0.25, -0.2) is 9.18 Å². The Morgan fingerprint density at radius 2 is 2.00 bits per heavy atom. The lowest BCUT2D eigenvalue weighted by Gasteiger charge is -2.04. The van der Waals surface area contributed by atoms with Crippen LogP contribution >= 0.6 is 0 Å². The summed E-state index contributed by atoms with van der Waals surface area (Å²) in [6, 6.07) is 7.17. The minimum Gasteiger partial charge on any atom is -0.478 e. The van der Waals surface area contributed by atoms with E-state index in [0.29, 0.717) is 11.4 Å². The number of rotatable bonds is 4. The van der Waals surface area contributed by atoms with Crippen LogP contribution in [-0.2, 0) is 6.54 Å². The third-order valence-electron chi connectivity index (χ3n) is 2.27. The number of nitrogens with one attached hydrogen (secondary N) is 1. The zero-order chi connectivity index (χ0) is 12.3. The first-order valence-electron chi connectivity index (χ1n) is 4.96. The molecular formula is C12H10FNO3. The molecule has 0 saturated carbocycles. The Bertz CT molecular complexity index is 519. The SMILES string of the molecule is O=C(O)c1ccoc1CNc1ccc(F)cc1. The van der Waals surface area contributed by atoms with Crippen LogP contribution in [0.5, 0.6) is 0 Å². The number of aromatic carboxylic acids is 1. The van der Waals surface area contributed by atoms with E-state index in [1.807, 2.05) is 0 Å². The number of hydrogen-bond donors (Lipinski definition) is 2. The normalized spacial score (nSPS) is 10.2. The molecule has 0 amide bonds. The molecule has 5 heteroatoms. The summed E-state index contributed by atoms with van der Waals surface area (Å²) in [5.74, 6) is -1.02. The van der Waals surface area contributed by atoms with Gasteiger partial charge in [0.2, 0.25) is 0 Å². The summed E-state index contributed by atoms with van der Waals surface area (Å²) in [6.07, 6.45) is 1.32. The van der Waals surface area contributed by atoms with E-state index in [2.05, 4.69) is 5.32 Å². The summed E-state index contributed by atoms with van der Waals surface area (Å²) in [4.78, 5) is 10.8. The summed E-state index contributed by atoms with van der Waals surface area (Å²) in [5, 5.41) is 11.8. The number of anilines is 1. The van der Waals surface area contributed by atoms with Gasteiger partial charge in [0.15, 0.2) is 0 Å². The second-order valence-corrected chi connectivity index (χ2v) is 3.42. The summed E-state index contributed by atoms with van der Waals surface area (Å²) in [6.45, 7) is 0.236. The van der Waals surface area contributed by atoms with E-state index >= 15 is 0 Å². The van der Waals surface area contributed by atoms with Crippen molar-refractivity contribution in [3.8, 4) is 0 Å². The number of halogens is 1. The topological polar surface area (TPSA) is 62.5 Å². The lowest BCUT2D eigenvalue weighted by molar-refractivity contribution is 0.0694. The molecule has 1 aromatic heterocycles. The third kappa shape index (κ3) is 2.63. The standard InChI is InChI=1S/C12H10FNO3/c13-8-1-3-9(4-2-8)14-7-11-10(12(15)16)5-6-17-11/h1-6,14H,7H2,(H,15,16). The van der Waals surface area contributed by atoms with Crippen LogP contribution in [0.1, 0.15) is 16.1 Å². The van der Waals surface area contributed by atoms with Crippen molar-refractivity contribution < 1.29 is 18.7 Å². The Balaban J connectivity index is 2.05. The predicted molar refractivity (Wildman–Crippen MR) is 59.4 cm³/mol. The molecule has 0 saturated heterocycles. The van der Waals surface area contributed by atoms with Crippen LogP contribution in [0.2, 0.25) is 0 Å². The zero-order valence-electron chi connectivity index (χ0n) is 8.81. The van der Waals surface area contributed by atoms with E-state index in [4.69, 9.17) is 9.52 Å². The van der Waals surface area contributed by atoms with Crippen LogP contribution in [0.3, 0.4) is 0 Å². The first-order valence-corrected chi connectivity index (χ1v) is 4.96. The molecule has 0 fully saturated rings. The minimum absolute atomic E-state index is 0.125. The van der Waals surface area contributed by atoms with Gasteiger partial charge in [-0.1, -0.05) is 0 Å². The van der Waals surface area contributed by atoms with Crippen LogP contribution in [0.15, 0.2) is 41.0 Å². The number of furan rings is 1. The van der Waals surface area contributed by atoms with Gasteiger partial charge in [0, 0.05) is 5.69 Å². The number of carbonyl (C=O) groups is 1. The summed E-state index contributed by atoms with van der Waals surface area (Å²) >= 11 is 0. The fraction of sp³-hybridized carbons (Fsp3) is 0.0833. The molecule has 0 aliphatic heterocycles.